The molecule has 0 radical (unpaired) electrons. The molecule has 4 rings (SSSR count). The Morgan fingerprint density at radius 1 is 1.03 bits per heavy atom. The van der Waals surface area contributed by atoms with Crippen LogP contribution in [0.15, 0.2) is 48.8 Å². The van der Waals surface area contributed by atoms with E-state index >= 15 is 0 Å². The van der Waals surface area contributed by atoms with E-state index in [0.717, 1.165) is 28.3 Å². The summed E-state index contributed by atoms with van der Waals surface area (Å²) in [6.07, 6.45) is -6.57. The van der Waals surface area contributed by atoms with Crippen molar-refractivity contribution in [2.45, 2.75) is 37.7 Å². The fourth-order valence-corrected chi connectivity index (χ4v) is 4.23. The van der Waals surface area contributed by atoms with Gasteiger partial charge in [0.15, 0.2) is 0 Å². The van der Waals surface area contributed by atoms with Gasteiger partial charge in [0.05, 0.1) is 16.5 Å². The Hall–Kier alpha value is -3.12. The Morgan fingerprint density at radius 3 is 2.29 bits per heavy atom. The Balaban J connectivity index is 1.35. The quantitative estimate of drug-likeness (QED) is 0.406. The molecule has 1 saturated carbocycles. The minimum atomic E-state index is -5.81. The van der Waals surface area contributed by atoms with Gasteiger partial charge >= 0.3 is 18.3 Å². The lowest BCUT2D eigenvalue weighted by atomic mass is 9.80. The SMILES string of the molecule is O=C(O)C1CC(NCc2ccc(-c3cnc(-c4ccc(OC(F)(F)C(F)(F)F)cc4)s3)cn2)C1. The van der Waals surface area contributed by atoms with Gasteiger partial charge in [0.2, 0.25) is 0 Å². The van der Waals surface area contributed by atoms with Crippen molar-refractivity contribution >= 4 is 17.3 Å². The molecular formula is C22H18F5N3O3S. The molecule has 0 saturated heterocycles. The summed E-state index contributed by atoms with van der Waals surface area (Å²) in [4.78, 5) is 20.3. The summed E-state index contributed by atoms with van der Waals surface area (Å²) >= 11 is 1.31. The smallest absolute Gasteiger partial charge is 0.481 e. The molecule has 1 aliphatic carbocycles. The molecule has 1 aromatic carbocycles. The predicted octanol–water partition coefficient (Wildman–Crippen LogP) is 5.36. The van der Waals surface area contributed by atoms with Gasteiger partial charge in [-0.2, -0.15) is 22.0 Å². The molecular weight excluding hydrogens is 481 g/mol. The standard InChI is InChI=1S/C22H18F5N3O3S/c23-21(24,25)22(26,27)33-17-5-2-12(3-6-17)19-30-11-18(34-19)13-1-4-15(28-9-13)10-29-16-7-14(8-16)20(31)32/h1-6,9,11,14,16,29H,7-8,10H2,(H,31,32). The van der Waals surface area contributed by atoms with Crippen LogP contribution in [0.4, 0.5) is 22.0 Å². The number of halogens is 5. The van der Waals surface area contributed by atoms with E-state index in [9.17, 15) is 26.7 Å². The predicted molar refractivity (Wildman–Crippen MR) is 113 cm³/mol. The molecule has 0 spiro atoms. The van der Waals surface area contributed by atoms with Gasteiger partial charge < -0.3 is 15.2 Å². The van der Waals surface area contributed by atoms with Gasteiger partial charge in [0, 0.05) is 36.1 Å². The summed E-state index contributed by atoms with van der Waals surface area (Å²) in [5, 5.41) is 12.7. The summed E-state index contributed by atoms with van der Waals surface area (Å²) in [6.45, 7) is 0.521. The van der Waals surface area contributed by atoms with Crippen LogP contribution < -0.4 is 10.1 Å². The fraction of sp³-hybridized carbons (Fsp3) is 0.318. The number of pyridine rings is 1. The number of nitrogens with zero attached hydrogens (tertiary/aromatic N) is 2. The Labute approximate surface area is 194 Å². The zero-order valence-corrected chi connectivity index (χ0v) is 18.2. The zero-order valence-electron chi connectivity index (χ0n) is 17.4. The Kier molecular flexibility index (Phi) is 6.54. The second kappa shape index (κ2) is 9.26. The van der Waals surface area contributed by atoms with Gasteiger partial charge in [-0.15, -0.1) is 11.3 Å². The number of nitrogens with one attached hydrogen (secondary N) is 1. The third kappa shape index (κ3) is 5.33. The first kappa shape index (κ1) is 24.0. The summed E-state index contributed by atoms with van der Waals surface area (Å²) in [6, 6.07) is 8.66. The third-order valence-electron chi connectivity index (χ3n) is 5.35. The van der Waals surface area contributed by atoms with Gasteiger partial charge in [0.1, 0.15) is 10.8 Å². The van der Waals surface area contributed by atoms with E-state index in [2.05, 4.69) is 20.0 Å². The van der Waals surface area contributed by atoms with E-state index in [1.54, 1.807) is 12.4 Å². The first-order chi connectivity index (χ1) is 16.0. The van der Waals surface area contributed by atoms with Crippen molar-refractivity contribution in [2.24, 2.45) is 5.92 Å². The number of ether oxygens (including phenoxy) is 1. The molecule has 12 heteroatoms. The number of benzene rings is 1. The van der Waals surface area contributed by atoms with Crippen LogP contribution in [0.2, 0.25) is 0 Å². The summed E-state index contributed by atoms with van der Waals surface area (Å²) in [7, 11) is 0. The first-order valence-corrected chi connectivity index (χ1v) is 10.9. The largest absolute Gasteiger partial charge is 0.499 e. The second-order valence-electron chi connectivity index (χ2n) is 7.79. The highest BCUT2D eigenvalue weighted by atomic mass is 32.1. The van der Waals surface area contributed by atoms with Crippen molar-refractivity contribution in [3.8, 4) is 26.8 Å². The Bertz CT molecular complexity index is 1140. The molecule has 2 N–H and O–H groups in total. The number of hydrogen-bond acceptors (Lipinski definition) is 6. The lowest BCUT2D eigenvalue weighted by Crippen LogP contribution is -2.43. The zero-order chi connectivity index (χ0) is 24.5. The molecule has 2 heterocycles. The monoisotopic (exact) mass is 499 g/mol. The maximum Gasteiger partial charge on any atom is 0.499 e. The first-order valence-electron chi connectivity index (χ1n) is 10.1. The van der Waals surface area contributed by atoms with Crippen LogP contribution in [0, 0.1) is 5.92 Å². The molecule has 180 valence electrons. The van der Waals surface area contributed by atoms with Gasteiger partial charge in [-0.05, 0) is 43.2 Å². The van der Waals surface area contributed by atoms with Crippen LogP contribution >= 0.6 is 11.3 Å². The number of rotatable bonds is 8. The number of carboxylic acids is 1. The molecule has 2 aromatic heterocycles. The van der Waals surface area contributed by atoms with Crippen molar-refractivity contribution in [2.75, 3.05) is 0 Å². The summed E-state index contributed by atoms with van der Waals surface area (Å²) < 4.78 is 66.7. The normalized spacial score (nSPS) is 18.4. The molecule has 0 atom stereocenters. The number of carboxylic acid groups (broad SMARTS) is 1. The van der Waals surface area contributed by atoms with E-state index in [1.807, 2.05) is 12.1 Å². The van der Waals surface area contributed by atoms with Crippen LogP contribution in [-0.4, -0.2) is 39.4 Å². The third-order valence-corrected chi connectivity index (χ3v) is 6.45. The Morgan fingerprint density at radius 2 is 1.71 bits per heavy atom. The highest BCUT2D eigenvalue weighted by Gasteiger charge is 2.61. The maximum atomic E-state index is 13.0. The molecule has 0 bridgehead atoms. The minimum Gasteiger partial charge on any atom is -0.481 e. The van der Waals surface area contributed by atoms with Gasteiger partial charge in [-0.1, -0.05) is 6.07 Å². The molecule has 0 unspecified atom stereocenters. The number of hydrogen-bond donors (Lipinski definition) is 2. The van der Waals surface area contributed by atoms with Crippen LogP contribution in [-0.2, 0) is 11.3 Å². The average Bonchev–Trinajstić information content (AvgIpc) is 3.22. The molecule has 1 aliphatic rings. The molecule has 3 aromatic rings. The summed E-state index contributed by atoms with van der Waals surface area (Å²) in [5.74, 6) is -1.66. The van der Waals surface area contributed by atoms with Gasteiger partial charge in [0.25, 0.3) is 0 Å². The van der Waals surface area contributed by atoms with E-state index in [1.165, 1.54) is 23.5 Å². The number of aliphatic carboxylic acids is 1. The van der Waals surface area contributed by atoms with Crippen LogP contribution in [0.5, 0.6) is 5.75 Å². The highest BCUT2D eigenvalue weighted by Crippen LogP contribution is 2.38. The topological polar surface area (TPSA) is 84.3 Å². The highest BCUT2D eigenvalue weighted by molar-refractivity contribution is 7.18. The van der Waals surface area contributed by atoms with Crippen molar-refractivity contribution < 1.29 is 36.6 Å². The fourth-order valence-electron chi connectivity index (χ4n) is 3.32. The van der Waals surface area contributed by atoms with E-state index in [0.29, 0.717) is 30.0 Å². The van der Waals surface area contributed by atoms with Crippen LogP contribution in [0.25, 0.3) is 21.0 Å². The number of thiazole rings is 1. The molecule has 34 heavy (non-hydrogen) atoms. The molecule has 0 amide bonds. The van der Waals surface area contributed by atoms with E-state index in [-0.39, 0.29) is 12.0 Å². The maximum absolute atomic E-state index is 13.0. The van der Waals surface area contributed by atoms with Crippen molar-refractivity contribution in [1.29, 1.82) is 0 Å². The molecule has 1 fully saturated rings. The van der Waals surface area contributed by atoms with Crippen molar-refractivity contribution in [3.05, 3.63) is 54.5 Å². The average molecular weight is 499 g/mol. The van der Waals surface area contributed by atoms with E-state index < -0.39 is 24.0 Å². The number of aromatic nitrogens is 2. The van der Waals surface area contributed by atoms with E-state index in [4.69, 9.17) is 5.11 Å². The number of alkyl halides is 5. The van der Waals surface area contributed by atoms with Crippen LogP contribution in [0.1, 0.15) is 18.5 Å². The second-order valence-corrected chi connectivity index (χ2v) is 8.82. The molecule has 0 aliphatic heterocycles. The lowest BCUT2D eigenvalue weighted by molar-refractivity contribution is -0.360. The lowest BCUT2D eigenvalue weighted by Gasteiger charge is -2.32. The molecule has 6 nitrogen and oxygen atoms in total. The van der Waals surface area contributed by atoms with Crippen molar-refractivity contribution in [3.63, 3.8) is 0 Å². The summed E-state index contributed by atoms with van der Waals surface area (Å²) in [5.41, 5.74) is 2.15. The van der Waals surface area contributed by atoms with Gasteiger partial charge in [-0.3, -0.25) is 9.78 Å². The van der Waals surface area contributed by atoms with Crippen LogP contribution in [0.3, 0.4) is 0 Å². The van der Waals surface area contributed by atoms with Crippen molar-refractivity contribution in [1.82, 2.24) is 15.3 Å². The van der Waals surface area contributed by atoms with Gasteiger partial charge in [-0.25, -0.2) is 4.98 Å². The minimum absolute atomic E-state index is 0.170. The number of carbonyl (C=O) groups is 1.